The van der Waals surface area contributed by atoms with Crippen molar-refractivity contribution in [2.75, 3.05) is 19.4 Å². The Balaban J connectivity index is 1.95. The molecule has 0 spiro atoms. The lowest BCUT2D eigenvalue weighted by molar-refractivity contribution is -0.139. The maximum atomic E-state index is 12.6. The van der Waals surface area contributed by atoms with Gasteiger partial charge in [-0.25, -0.2) is 0 Å². The first kappa shape index (κ1) is 19.8. The largest absolute Gasteiger partial charge is 0.481 e. The van der Waals surface area contributed by atoms with Gasteiger partial charge in [-0.1, -0.05) is 32.9 Å². The number of benzene rings is 1. The predicted molar refractivity (Wildman–Crippen MR) is 99.0 cm³/mol. The number of thioether (sulfide) groups is 1. The zero-order chi connectivity index (χ0) is 18.6. The molecule has 0 aliphatic carbocycles. The van der Waals surface area contributed by atoms with Crippen molar-refractivity contribution in [1.82, 2.24) is 4.90 Å². The van der Waals surface area contributed by atoms with E-state index in [-0.39, 0.29) is 29.9 Å². The molecular formula is C19H27NO4S. The molecular weight excluding hydrogens is 338 g/mol. The second-order valence-electron chi connectivity index (χ2n) is 7.45. The lowest BCUT2D eigenvalue weighted by Crippen LogP contribution is -2.38. The molecule has 5 nitrogen and oxygen atoms in total. The number of hydrogen-bond donors (Lipinski definition) is 1. The number of rotatable bonds is 6. The quantitative estimate of drug-likeness (QED) is 0.785. The summed E-state index contributed by atoms with van der Waals surface area (Å²) in [4.78, 5) is 26.3. The molecule has 1 fully saturated rings. The summed E-state index contributed by atoms with van der Waals surface area (Å²) in [5.41, 5.74) is 1.36. The standard InChI is InChI=1S/C19H27NO4S/c1-19(2,3)13-5-7-16(8-6-13)25-12-17(21)20-11-15(24-4)9-14(20)10-18(22)23/h5-8,14-15H,9-12H2,1-4H3,(H,22,23). The molecule has 2 unspecified atom stereocenters. The van der Waals surface area contributed by atoms with Crippen LogP contribution in [0.2, 0.25) is 0 Å². The molecule has 25 heavy (non-hydrogen) atoms. The lowest BCUT2D eigenvalue weighted by atomic mass is 9.87. The van der Waals surface area contributed by atoms with Gasteiger partial charge < -0.3 is 14.7 Å². The van der Waals surface area contributed by atoms with Crippen LogP contribution < -0.4 is 0 Å². The first-order chi connectivity index (χ1) is 11.7. The number of hydrogen-bond acceptors (Lipinski definition) is 4. The van der Waals surface area contributed by atoms with E-state index in [0.29, 0.717) is 18.7 Å². The minimum Gasteiger partial charge on any atom is -0.481 e. The number of carboxylic acids is 1. The minimum atomic E-state index is -0.884. The lowest BCUT2D eigenvalue weighted by Gasteiger charge is -2.23. The Morgan fingerprint density at radius 1 is 1.28 bits per heavy atom. The second kappa shape index (κ2) is 8.23. The highest BCUT2D eigenvalue weighted by Crippen LogP contribution is 2.27. The Hall–Kier alpha value is -1.53. The van der Waals surface area contributed by atoms with Crippen LogP contribution in [-0.4, -0.2) is 53.4 Å². The number of nitrogens with zero attached hydrogens (tertiary/aromatic N) is 1. The molecule has 1 heterocycles. The average Bonchev–Trinajstić information content (AvgIpc) is 2.94. The molecule has 1 N–H and O–H groups in total. The second-order valence-corrected chi connectivity index (χ2v) is 8.50. The number of aliphatic carboxylic acids is 1. The first-order valence-corrected chi connectivity index (χ1v) is 9.46. The third-order valence-electron chi connectivity index (χ3n) is 4.52. The van der Waals surface area contributed by atoms with E-state index in [0.717, 1.165) is 4.90 Å². The summed E-state index contributed by atoms with van der Waals surface area (Å²) in [6.07, 6.45) is 0.472. The van der Waals surface area contributed by atoms with Crippen molar-refractivity contribution in [2.45, 2.75) is 56.1 Å². The van der Waals surface area contributed by atoms with Crippen molar-refractivity contribution in [2.24, 2.45) is 0 Å². The Labute approximate surface area is 153 Å². The van der Waals surface area contributed by atoms with Gasteiger partial charge in [0, 0.05) is 24.6 Å². The molecule has 0 bridgehead atoms. The Morgan fingerprint density at radius 3 is 2.44 bits per heavy atom. The van der Waals surface area contributed by atoms with Crippen LogP contribution in [0.4, 0.5) is 0 Å². The van der Waals surface area contributed by atoms with Gasteiger partial charge in [0.05, 0.1) is 18.3 Å². The van der Waals surface area contributed by atoms with Crippen LogP contribution in [0, 0.1) is 0 Å². The van der Waals surface area contributed by atoms with Crippen LogP contribution in [0.3, 0.4) is 0 Å². The van der Waals surface area contributed by atoms with Gasteiger partial charge in [-0.15, -0.1) is 11.8 Å². The predicted octanol–water partition coefficient (Wildman–Crippen LogP) is 3.17. The van der Waals surface area contributed by atoms with E-state index in [1.807, 2.05) is 12.1 Å². The van der Waals surface area contributed by atoms with E-state index in [1.165, 1.54) is 17.3 Å². The third kappa shape index (κ3) is 5.47. The number of ether oxygens (including phenoxy) is 1. The number of carbonyl (C=O) groups is 2. The highest BCUT2D eigenvalue weighted by atomic mass is 32.2. The summed E-state index contributed by atoms with van der Waals surface area (Å²) < 4.78 is 5.32. The van der Waals surface area contributed by atoms with E-state index < -0.39 is 5.97 Å². The van der Waals surface area contributed by atoms with Crippen molar-refractivity contribution >= 4 is 23.6 Å². The summed E-state index contributed by atoms with van der Waals surface area (Å²) in [6.45, 7) is 6.97. The number of likely N-dealkylation sites (tertiary alicyclic amines) is 1. The van der Waals surface area contributed by atoms with Gasteiger partial charge in [0.15, 0.2) is 0 Å². The number of methoxy groups -OCH3 is 1. The highest BCUT2D eigenvalue weighted by molar-refractivity contribution is 8.00. The fourth-order valence-electron chi connectivity index (χ4n) is 3.02. The van der Waals surface area contributed by atoms with Crippen LogP contribution in [0.15, 0.2) is 29.2 Å². The average molecular weight is 365 g/mol. The van der Waals surface area contributed by atoms with Crippen molar-refractivity contribution in [3.8, 4) is 0 Å². The van der Waals surface area contributed by atoms with E-state index >= 15 is 0 Å². The smallest absolute Gasteiger partial charge is 0.305 e. The molecule has 1 aliphatic rings. The zero-order valence-corrected chi connectivity index (χ0v) is 16.1. The topological polar surface area (TPSA) is 66.8 Å². The fraction of sp³-hybridized carbons (Fsp3) is 0.579. The molecule has 2 atom stereocenters. The van der Waals surface area contributed by atoms with Crippen LogP contribution in [0.5, 0.6) is 0 Å². The van der Waals surface area contributed by atoms with E-state index in [2.05, 4.69) is 32.9 Å². The molecule has 1 amide bonds. The summed E-state index contributed by atoms with van der Waals surface area (Å²) in [7, 11) is 1.60. The zero-order valence-electron chi connectivity index (χ0n) is 15.3. The van der Waals surface area contributed by atoms with Gasteiger partial charge in [-0.2, -0.15) is 0 Å². The first-order valence-electron chi connectivity index (χ1n) is 8.48. The highest BCUT2D eigenvalue weighted by Gasteiger charge is 2.36. The van der Waals surface area contributed by atoms with Crippen LogP contribution in [0.1, 0.15) is 39.2 Å². The maximum Gasteiger partial charge on any atom is 0.305 e. The summed E-state index contributed by atoms with van der Waals surface area (Å²) >= 11 is 1.49. The molecule has 1 aliphatic heterocycles. The van der Waals surface area contributed by atoms with Gasteiger partial charge in [0.25, 0.3) is 0 Å². The molecule has 1 saturated heterocycles. The van der Waals surface area contributed by atoms with E-state index in [1.54, 1.807) is 12.0 Å². The van der Waals surface area contributed by atoms with E-state index in [4.69, 9.17) is 9.84 Å². The molecule has 2 rings (SSSR count). The Morgan fingerprint density at radius 2 is 1.92 bits per heavy atom. The van der Waals surface area contributed by atoms with Gasteiger partial charge in [-0.3, -0.25) is 9.59 Å². The SMILES string of the molecule is COC1CC(CC(=O)O)N(C(=O)CSc2ccc(C(C)(C)C)cc2)C1. The summed E-state index contributed by atoms with van der Waals surface area (Å²) in [5, 5.41) is 9.05. The number of amides is 1. The van der Waals surface area contributed by atoms with Crippen molar-refractivity contribution in [3.63, 3.8) is 0 Å². The van der Waals surface area contributed by atoms with Gasteiger partial charge in [-0.05, 0) is 29.5 Å². The molecule has 1 aromatic rings. The fourth-order valence-corrected chi connectivity index (χ4v) is 3.81. The Kier molecular flexibility index (Phi) is 6.52. The maximum absolute atomic E-state index is 12.6. The molecule has 1 aromatic carbocycles. The van der Waals surface area contributed by atoms with Crippen LogP contribution >= 0.6 is 11.8 Å². The number of carbonyl (C=O) groups excluding carboxylic acids is 1. The third-order valence-corrected chi connectivity index (χ3v) is 5.52. The normalized spacial score (nSPS) is 20.7. The summed E-state index contributed by atoms with van der Waals surface area (Å²) in [5.74, 6) is -0.609. The Bertz CT molecular complexity index is 609. The molecule has 0 radical (unpaired) electrons. The molecule has 6 heteroatoms. The van der Waals surface area contributed by atoms with Gasteiger partial charge >= 0.3 is 5.97 Å². The summed E-state index contributed by atoms with van der Waals surface area (Å²) in [6, 6.07) is 7.98. The minimum absolute atomic E-state index is 0.0312. The van der Waals surface area contributed by atoms with Crippen molar-refractivity contribution in [1.29, 1.82) is 0 Å². The van der Waals surface area contributed by atoms with Crippen molar-refractivity contribution in [3.05, 3.63) is 29.8 Å². The van der Waals surface area contributed by atoms with Crippen LogP contribution in [-0.2, 0) is 19.7 Å². The van der Waals surface area contributed by atoms with Gasteiger partial charge in [0.2, 0.25) is 5.91 Å². The molecule has 138 valence electrons. The van der Waals surface area contributed by atoms with Gasteiger partial charge in [0.1, 0.15) is 0 Å². The molecule has 0 aromatic heterocycles. The molecule has 0 saturated carbocycles. The number of carboxylic acid groups (broad SMARTS) is 1. The monoisotopic (exact) mass is 365 g/mol. The van der Waals surface area contributed by atoms with Crippen molar-refractivity contribution < 1.29 is 19.4 Å². The van der Waals surface area contributed by atoms with E-state index in [9.17, 15) is 9.59 Å². The van der Waals surface area contributed by atoms with Crippen LogP contribution in [0.25, 0.3) is 0 Å².